The van der Waals surface area contributed by atoms with Gasteiger partial charge in [0.2, 0.25) is 5.96 Å². The van der Waals surface area contributed by atoms with Gasteiger partial charge in [-0.25, -0.2) is 4.99 Å². The summed E-state index contributed by atoms with van der Waals surface area (Å²) in [6, 6.07) is 23.1. The van der Waals surface area contributed by atoms with Crippen molar-refractivity contribution in [2.24, 2.45) is 4.99 Å². The number of aromatic nitrogens is 3. The Morgan fingerprint density at radius 2 is 1.59 bits per heavy atom. The number of nitrogens with zero attached hydrogens (tertiary/aromatic N) is 4. The third kappa shape index (κ3) is 2.96. The lowest BCUT2D eigenvalue weighted by atomic mass is 10.0. The first-order valence-electron chi connectivity index (χ1n) is 11.1. The smallest absolute Gasteiger partial charge is 0.208 e. The first-order valence-corrected chi connectivity index (χ1v) is 12.0. The van der Waals surface area contributed by atoms with Gasteiger partial charge in [-0.1, -0.05) is 24.3 Å². The normalized spacial score (nSPS) is 15.9. The first kappa shape index (κ1) is 19.2. The van der Waals surface area contributed by atoms with E-state index in [9.17, 15) is 0 Å². The van der Waals surface area contributed by atoms with Crippen LogP contribution in [0.2, 0.25) is 0 Å². The van der Waals surface area contributed by atoms with Crippen LogP contribution in [-0.2, 0) is 0 Å². The van der Waals surface area contributed by atoms with Crippen LogP contribution in [0.25, 0.3) is 37.6 Å². The molecule has 6 heteroatoms. The largest absolute Gasteiger partial charge is 0.325 e. The predicted octanol–water partition coefficient (Wildman–Crippen LogP) is 6.39. The van der Waals surface area contributed by atoms with Crippen LogP contribution in [-0.4, -0.2) is 20.5 Å². The highest BCUT2D eigenvalue weighted by atomic mass is 32.1. The number of nitrogens with one attached hydrogen (secondary N) is 1. The summed E-state index contributed by atoms with van der Waals surface area (Å²) in [4.78, 5) is 13.6. The Kier molecular flexibility index (Phi) is 4.32. The molecule has 0 saturated heterocycles. The molecule has 0 aliphatic carbocycles. The molecule has 0 radical (unpaired) electrons. The van der Waals surface area contributed by atoms with Crippen molar-refractivity contribution in [2.75, 3.05) is 0 Å². The third-order valence-electron chi connectivity index (χ3n) is 6.34. The maximum atomic E-state index is 5.19. The molecule has 1 aliphatic rings. The second-order valence-electron chi connectivity index (χ2n) is 8.27. The summed E-state index contributed by atoms with van der Waals surface area (Å²) >= 11 is 1.79. The lowest BCUT2D eigenvalue weighted by Crippen LogP contribution is -2.32. The summed E-state index contributed by atoms with van der Waals surface area (Å²) in [6.45, 7) is 0. The van der Waals surface area contributed by atoms with Crippen LogP contribution in [0.1, 0.15) is 17.2 Å². The van der Waals surface area contributed by atoms with Crippen molar-refractivity contribution in [3.05, 3.63) is 114 Å². The molecule has 2 aromatic carbocycles. The minimum atomic E-state index is -0.135. The molecule has 7 rings (SSSR count). The summed E-state index contributed by atoms with van der Waals surface area (Å²) in [7, 11) is 0. The number of pyridine rings is 2. The van der Waals surface area contributed by atoms with Crippen molar-refractivity contribution in [1.29, 1.82) is 0 Å². The van der Waals surface area contributed by atoms with E-state index in [1.54, 1.807) is 11.3 Å². The van der Waals surface area contributed by atoms with Gasteiger partial charge in [-0.05, 0) is 64.9 Å². The molecular formula is C28H19N5S. The Balaban J connectivity index is 1.50. The molecule has 5 nitrogen and oxygen atoms in total. The summed E-state index contributed by atoms with van der Waals surface area (Å²) < 4.78 is 3.56. The van der Waals surface area contributed by atoms with Crippen LogP contribution in [0.5, 0.6) is 0 Å². The molecule has 0 spiro atoms. The SMILES string of the molecule is C1=C(c2ccncc2)NC(n2c3ccccc3c3c4sccc4ccc32)=NC1c1ccncc1. The predicted molar refractivity (Wildman–Crippen MR) is 140 cm³/mol. The van der Waals surface area contributed by atoms with Crippen LogP contribution in [0, 0.1) is 0 Å². The van der Waals surface area contributed by atoms with Gasteiger partial charge in [0.15, 0.2) is 0 Å². The number of fused-ring (bicyclic) bond motifs is 5. The van der Waals surface area contributed by atoms with E-state index in [2.05, 4.69) is 73.8 Å². The molecule has 6 aromatic rings. The van der Waals surface area contributed by atoms with Crippen molar-refractivity contribution in [1.82, 2.24) is 19.9 Å². The van der Waals surface area contributed by atoms with E-state index in [0.29, 0.717) is 0 Å². The quantitative estimate of drug-likeness (QED) is 0.328. The number of hydrogen-bond donors (Lipinski definition) is 1. The Labute approximate surface area is 199 Å². The van der Waals surface area contributed by atoms with Crippen molar-refractivity contribution in [2.45, 2.75) is 6.04 Å². The Hall–Kier alpha value is -4.29. The number of benzene rings is 2. The number of para-hydroxylation sites is 1. The Morgan fingerprint density at radius 1 is 0.794 bits per heavy atom. The molecule has 0 bridgehead atoms. The molecule has 0 amide bonds. The highest BCUT2D eigenvalue weighted by molar-refractivity contribution is 7.18. The van der Waals surface area contributed by atoms with Gasteiger partial charge in [0, 0.05) is 51.5 Å². The summed E-state index contributed by atoms with van der Waals surface area (Å²) in [5.41, 5.74) is 5.46. The molecule has 1 N–H and O–H groups in total. The van der Waals surface area contributed by atoms with Crippen molar-refractivity contribution >= 4 is 54.9 Å². The van der Waals surface area contributed by atoms with E-state index in [0.717, 1.165) is 33.8 Å². The van der Waals surface area contributed by atoms with E-state index < -0.39 is 0 Å². The van der Waals surface area contributed by atoms with Crippen LogP contribution in [0.15, 0.2) is 108 Å². The van der Waals surface area contributed by atoms with Crippen molar-refractivity contribution in [3.63, 3.8) is 0 Å². The summed E-state index contributed by atoms with van der Waals surface area (Å²) in [5, 5.41) is 9.57. The van der Waals surface area contributed by atoms with Crippen LogP contribution in [0.3, 0.4) is 0 Å². The van der Waals surface area contributed by atoms with E-state index in [-0.39, 0.29) is 6.04 Å². The van der Waals surface area contributed by atoms with Gasteiger partial charge in [-0.2, -0.15) is 0 Å². The lowest BCUT2D eigenvalue weighted by molar-refractivity contribution is 0.857. The topological polar surface area (TPSA) is 55.1 Å². The number of rotatable bonds is 2. The third-order valence-corrected chi connectivity index (χ3v) is 7.29. The maximum Gasteiger partial charge on any atom is 0.208 e. The van der Waals surface area contributed by atoms with E-state index in [1.807, 2.05) is 49.1 Å². The average Bonchev–Trinajstić information content (AvgIpc) is 3.52. The standard InChI is InChI=1S/C28H19N5S/c1-2-4-24-21(3-1)26-25(6-5-20-11-16-34-27(20)26)33(24)28-31-22(18-7-12-29-13-8-18)17-23(32-28)19-9-14-30-15-10-19/h1-17,22H,(H,31,32). The van der Waals surface area contributed by atoms with Gasteiger partial charge < -0.3 is 5.32 Å². The average molecular weight is 458 g/mol. The lowest BCUT2D eigenvalue weighted by Gasteiger charge is -2.24. The van der Waals surface area contributed by atoms with Gasteiger partial charge in [0.25, 0.3) is 0 Å². The van der Waals surface area contributed by atoms with E-state index in [1.165, 1.54) is 20.9 Å². The van der Waals surface area contributed by atoms with Gasteiger partial charge in [-0.3, -0.25) is 14.5 Å². The minimum absolute atomic E-state index is 0.135. The molecule has 5 heterocycles. The Morgan fingerprint density at radius 3 is 2.44 bits per heavy atom. The zero-order valence-electron chi connectivity index (χ0n) is 18.1. The first-order chi connectivity index (χ1) is 16.9. The van der Waals surface area contributed by atoms with E-state index >= 15 is 0 Å². The molecule has 162 valence electrons. The van der Waals surface area contributed by atoms with Crippen molar-refractivity contribution in [3.8, 4) is 0 Å². The molecule has 0 fully saturated rings. The van der Waals surface area contributed by atoms with Gasteiger partial charge in [-0.15, -0.1) is 11.3 Å². The zero-order valence-corrected chi connectivity index (χ0v) is 18.9. The van der Waals surface area contributed by atoms with Crippen LogP contribution < -0.4 is 5.32 Å². The molecule has 1 unspecified atom stereocenters. The number of thiophene rings is 1. The molecule has 1 atom stereocenters. The van der Waals surface area contributed by atoms with Crippen LogP contribution in [0.4, 0.5) is 0 Å². The second kappa shape index (κ2) is 7.64. The Bertz CT molecular complexity index is 1730. The van der Waals surface area contributed by atoms with Gasteiger partial charge in [0.1, 0.15) is 0 Å². The molecule has 0 saturated carbocycles. The second-order valence-corrected chi connectivity index (χ2v) is 9.19. The maximum absolute atomic E-state index is 5.19. The molecular weight excluding hydrogens is 438 g/mol. The molecule has 4 aromatic heterocycles. The fourth-order valence-corrected chi connectivity index (χ4v) is 5.73. The summed E-state index contributed by atoms with van der Waals surface area (Å²) in [5.74, 6) is 0.804. The fourth-order valence-electron chi connectivity index (χ4n) is 4.77. The number of aliphatic imine (C=N–C) groups is 1. The van der Waals surface area contributed by atoms with Gasteiger partial charge >= 0.3 is 0 Å². The highest BCUT2D eigenvalue weighted by Crippen LogP contribution is 2.38. The molecule has 1 aliphatic heterocycles. The minimum Gasteiger partial charge on any atom is -0.325 e. The van der Waals surface area contributed by atoms with E-state index in [4.69, 9.17) is 4.99 Å². The molecule has 34 heavy (non-hydrogen) atoms. The highest BCUT2D eigenvalue weighted by Gasteiger charge is 2.23. The van der Waals surface area contributed by atoms with Gasteiger partial charge in [0.05, 0.1) is 17.1 Å². The fraction of sp³-hybridized carbons (Fsp3) is 0.0357. The van der Waals surface area contributed by atoms with Crippen LogP contribution >= 0.6 is 11.3 Å². The number of hydrogen-bond acceptors (Lipinski definition) is 5. The monoisotopic (exact) mass is 457 g/mol. The van der Waals surface area contributed by atoms with Crippen molar-refractivity contribution < 1.29 is 0 Å². The zero-order chi connectivity index (χ0) is 22.5. The summed E-state index contributed by atoms with van der Waals surface area (Å²) in [6.07, 6.45) is 9.44.